The Morgan fingerprint density at radius 2 is 2.10 bits per heavy atom. The van der Waals surface area contributed by atoms with E-state index >= 15 is 0 Å². The van der Waals surface area contributed by atoms with Crippen molar-refractivity contribution in [3.8, 4) is 6.07 Å². The Morgan fingerprint density at radius 1 is 1.38 bits per heavy atom. The van der Waals surface area contributed by atoms with Crippen LogP contribution in [0.3, 0.4) is 0 Å². The number of carbonyl (C=O) groups is 1. The Morgan fingerprint density at radius 3 is 2.71 bits per heavy atom. The molecule has 1 aromatic carbocycles. The van der Waals surface area contributed by atoms with Crippen molar-refractivity contribution in [2.75, 3.05) is 19.7 Å². The summed E-state index contributed by atoms with van der Waals surface area (Å²) in [5.74, 6) is -0.0195. The van der Waals surface area contributed by atoms with Crippen molar-refractivity contribution >= 4 is 5.91 Å². The lowest BCUT2D eigenvalue weighted by Gasteiger charge is -2.38. The molecule has 2 fully saturated rings. The van der Waals surface area contributed by atoms with Gasteiger partial charge < -0.3 is 9.64 Å². The maximum atomic E-state index is 12.6. The number of ether oxygens (including phenoxy) is 1. The van der Waals surface area contributed by atoms with E-state index in [0.29, 0.717) is 17.2 Å². The van der Waals surface area contributed by atoms with Crippen LogP contribution in [0.1, 0.15) is 42.1 Å². The number of benzene rings is 1. The van der Waals surface area contributed by atoms with Crippen LogP contribution < -0.4 is 0 Å². The molecular weight excluding hydrogens is 264 g/mol. The zero-order valence-corrected chi connectivity index (χ0v) is 12.3. The third-order valence-corrected chi connectivity index (χ3v) is 4.78. The van der Waals surface area contributed by atoms with Crippen LogP contribution in [0, 0.1) is 16.7 Å². The van der Waals surface area contributed by atoms with Crippen molar-refractivity contribution < 1.29 is 9.53 Å². The minimum atomic E-state index is -0.0195. The second kappa shape index (κ2) is 5.50. The van der Waals surface area contributed by atoms with Gasteiger partial charge in [0.05, 0.1) is 29.9 Å². The zero-order valence-electron chi connectivity index (χ0n) is 12.3. The molecule has 2 aliphatic heterocycles. The molecule has 2 heterocycles. The largest absolute Gasteiger partial charge is 0.378 e. The lowest BCUT2D eigenvalue weighted by Crippen LogP contribution is -2.43. The van der Waals surface area contributed by atoms with E-state index < -0.39 is 0 Å². The van der Waals surface area contributed by atoms with Crippen molar-refractivity contribution in [1.29, 1.82) is 5.26 Å². The van der Waals surface area contributed by atoms with E-state index in [2.05, 4.69) is 13.0 Å². The predicted molar refractivity (Wildman–Crippen MR) is 78.8 cm³/mol. The first kappa shape index (κ1) is 14.1. The standard InChI is InChI=1S/C17H20N2O2/c1-13-10-17(12-21-13)6-8-19(9-7-17)16(20)15-5-3-2-4-14(15)11-18/h2-5,13H,6-10,12H2,1H3. The molecule has 0 N–H and O–H groups in total. The Balaban J connectivity index is 1.70. The molecule has 4 nitrogen and oxygen atoms in total. The van der Waals surface area contributed by atoms with E-state index in [4.69, 9.17) is 10.00 Å². The Labute approximate surface area is 125 Å². The summed E-state index contributed by atoms with van der Waals surface area (Å²) >= 11 is 0. The van der Waals surface area contributed by atoms with Crippen LogP contribution in [0.25, 0.3) is 0 Å². The number of likely N-dealkylation sites (tertiary alicyclic amines) is 1. The highest BCUT2D eigenvalue weighted by Gasteiger charge is 2.41. The Hall–Kier alpha value is -1.86. The second-order valence-electron chi connectivity index (χ2n) is 6.28. The number of carbonyl (C=O) groups excluding carboxylic acids is 1. The maximum Gasteiger partial charge on any atom is 0.255 e. The molecule has 1 spiro atoms. The van der Waals surface area contributed by atoms with E-state index in [0.717, 1.165) is 39.0 Å². The monoisotopic (exact) mass is 284 g/mol. The molecule has 21 heavy (non-hydrogen) atoms. The number of amides is 1. The van der Waals surface area contributed by atoms with Gasteiger partial charge in [-0.15, -0.1) is 0 Å². The molecule has 0 aromatic heterocycles. The fourth-order valence-corrected chi connectivity index (χ4v) is 3.52. The van der Waals surface area contributed by atoms with Gasteiger partial charge in [0.2, 0.25) is 0 Å². The van der Waals surface area contributed by atoms with Gasteiger partial charge in [-0.25, -0.2) is 0 Å². The quantitative estimate of drug-likeness (QED) is 0.796. The van der Waals surface area contributed by atoms with Gasteiger partial charge in [-0.2, -0.15) is 5.26 Å². The van der Waals surface area contributed by atoms with Crippen LogP contribution in [0.5, 0.6) is 0 Å². The summed E-state index contributed by atoms with van der Waals surface area (Å²) < 4.78 is 5.72. The fourth-order valence-electron chi connectivity index (χ4n) is 3.52. The zero-order chi connectivity index (χ0) is 14.9. The average Bonchev–Trinajstić information content (AvgIpc) is 2.88. The molecule has 3 rings (SSSR count). The first-order valence-electron chi connectivity index (χ1n) is 7.54. The van der Waals surface area contributed by atoms with Gasteiger partial charge >= 0.3 is 0 Å². The van der Waals surface area contributed by atoms with Gasteiger partial charge in [0.15, 0.2) is 0 Å². The van der Waals surface area contributed by atoms with Crippen molar-refractivity contribution in [1.82, 2.24) is 4.90 Å². The molecule has 1 amide bonds. The maximum absolute atomic E-state index is 12.6. The first-order chi connectivity index (χ1) is 10.1. The Kier molecular flexibility index (Phi) is 3.69. The molecular formula is C17H20N2O2. The molecule has 1 aromatic rings. The number of piperidine rings is 1. The highest BCUT2D eigenvalue weighted by atomic mass is 16.5. The van der Waals surface area contributed by atoms with Crippen LogP contribution in [0.4, 0.5) is 0 Å². The highest BCUT2D eigenvalue weighted by molar-refractivity contribution is 5.96. The summed E-state index contributed by atoms with van der Waals surface area (Å²) in [6, 6.07) is 9.15. The van der Waals surface area contributed by atoms with Crippen LogP contribution in [0.15, 0.2) is 24.3 Å². The number of rotatable bonds is 1. The van der Waals surface area contributed by atoms with E-state index in [1.165, 1.54) is 0 Å². The third-order valence-electron chi connectivity index (χ3n) is 4.78. The fraction of sp³-hybridized carbons (Fsp3) is 0.529. The van der Waals surface area contributed by atoms with Crippen LogP contribution >= 0.6 is 0 Å². The molecule has 110 valence electrons. The van der Waals surface area contributed by atoms with Crippen LogP contribution in [0.2, 0.25) is 0 Å². The van der Waals surface area contributed by atoms with Crippen molar-refractivity contribution in [2.24, 2.45) is 5.41 Å². The molecule has 1 unspecified atom stereocenters. The van der Waals surface area contributed by atoms with Gasteiger partial charge in [-0.05, 0) is 43.7 Å². The summed E-state index contributed by atoms with van der Waals surface area (Å²) in [6.07, 6.45) is 3.44. The SMILES string of the molecule is CC1CC2(CCN(C(=O)c3ccccc3C#N)CC2)CO1. The number of hydrogen-bond donors (Lipinski definition) is 0. The second-order valence-corrected chi connectivity index (χ2v) is 6.28. The summed E-state index contributed by atoms with van der Waals surface area (Å²) in [4.78, 5) is 14.5. The minimum Gasteiger partial charge on any atom is -0.378 e. The van der Waals surface area contributed by atoms with Crippen LogP contribution in [-0.2, 0) is 4.74 Å². The summed E-state index contributed by atoms with van der Waals surface area (Å²) in [6.45, 7) is 4.46. The predicted octanol–water partition coefficient (Wildman–Crippen LogP) is 2.59. The minimum absolute atomic E-state index is 0.0195. The van der Waals surface area contributed by atoms with E-state index in [9.17, 15) is 4.79 Å². The molecule has 1 atom stereocenters. The lowest BCUT2D eigenvalue weighted by atomic mass is 9.76. The molecule has 2 aliphatic rings. The Bertz CT molecular complexity index is 583. The first-order valence-corrected chi connectivity index (χ1v) is 7.54. The summed E-state index contributed by atoms with van der Waals surface area (Å²) in [5, 5.41) is 9.13. The topological polar surface area (TPSA) is 53.3 Å². The van der Waals surface area contributed by atoms with Gasteiger partial charge in [0.1, 0.15) is 0 Å². The van der Waals surface area contributed by atoms with Crippen LogP contribution in [-0.4, -0.2) is 36.6 Å². The van der Waals surface area contributed by atoms with Gasteiger partial charge in [-0.1, -0.05) is 12.1 Å². The molecule has 0 bridgehead atoms. The molecule has 0 saturated carbocycles. The van der Waals surface area contributed by atoms with Crippen molar-refractivity contribution in [3.63, 3.8) is 0 Å². The highest BCUT2D eigenvalue weighted by Crippen LogP contribution is 2.41. The number of nitrogens with zero attached hydrogens (tertiary/aromatic N) is 2. The summed E-state index contributed by atoms with van der Waals surface area (Å²) in [7, 11) is 0. The molecule has 4 heteroatoms. The van der Waals surface area contributed by atoms with E-state index in [1.807, 2.05) is 11.0 Å². The van der Waals surface area contributed by atoms with Crippen molar-refractivity contribution in [2.45, 2.75) is 32.3 Å². The van der Waals surface area contributed by atoms with Gasteiger partial charge in [-0.3, -0.25) is 4.79 Å². The van der Waals surface area contributed by atoms with Gasteiger partial charge in [0, 0.05) is 13.1 Å². The smallest absolute Gasteiger partial charge is 0.255 e. The average molecular weight is 284 g/mol. The summed E-state index contributed by atoms with van der Waals surface area (Å²) in [5.41, 5.74) is 1.25. The lowest BCUT2D eigenvalue weighted by molar-refractivity contribution is 0.0506. The van der Waals surface area contributed by atoms with Crippen molar-refractivity contribution in [3.05, 3.63) is 35.4 Å². The third kappa shape index (κ3) is 2.66. The molecule has 0 radical (unpaired) electrons. The normalized spacial score (nSPS) is 24.0. The van der Waals surface area contributed by atoms with E-state index in [-0.39, 0.29) is 11.3 Å². The van der Waals surface area contributed by atoms with Gasteiger partial charge in [0.25, 0.3) is 5.91 Å². The number of nitriles is 1. The molecule has 2 saturated heterocycles. The van der Waals surface area contributed by atoms with E-state index in [1.54, 1.807) is 18.2 Å². The number of hydrogen-bond acceptors (Lipinski definition) is 3. The molecule has 0 aliphatic carbocycles.